The summed E-state index contributed by atoms with van der Waals surface area (Å²) in [6.07, 6.45) is 4.63. The Morgan fingerprint density at radius 3 is 2.84 bits per heavy atom. The lowest BCUT2D eigenvalue weighted by Crippen LogP contribution is -2.78. The lowest BCUT2D eigenvalue weighted by Gasteiger charge is -2.07. The molecule has 4 nitrogen and oxygen atoms in total. The molecule has 3 rings (SSSR count). The minimum atomic E-state index is 0.211. The van der Waals surface area contributed by atoms with Gasteiger partial charge in [0.05, 0.1) is 22.1 Å². The van der Waals surface area contributed by atoms with E-state index in [2.05, 4.69) is 33.2 Å². The van der Waals surface area contributed by atoms with Gasteiger partial charge in [-0.25, -0.2) is 0 Å². The number of quaternary nitrogens is 1. The molecule has 0 saturated heterocycles. The molecule has 0 fully saturated rings. The van der Waals surface area contributed by atoms with Gasteiger partial charge in [-0.3, -0.25) is 4.99 Å². The van der Waals surface area contributed by atoms with Crippen LogP contribution >= 0.6 is 15.9 Å². The van der Waals surface area contributed by atoms with E-state index in [0.717, 1.165) is 27.9 Å². The van der Waals surface area contributed by atoms with Crippen molar-refractivity contribution in [1.82, 2.24) is 0 Å². The van der Waals surface area contributed by atoms with Gasteiger partial charge in [-0.1, -0.05) is 35.4 Å². The van der Waals surface area contributed by atoms with Crippen molar-refractivity contribution in [3.8, 4) is 0 Å². The van der Waals surface area contributed by atoms with Crippen LogP contribution in [-0.4, -0.2) is 11.9 Å². The van der Waals surface area contributed by atoms with Crippen molar-refractivity contribution in [3.05, 3.63) is 58.0 Å². The van der Waals surface area contributed by atoms with Crippen LogP contribution in [0.5, 0.6) is 0 Å². The predicted octanol–water partition coefficient (Wildman–Crippen LogP) is 1.47. The van der Waals surface area contributed by atoms with Crippen molar-refractivity contribution in [2.24, 2.45) is 21.7 Å². The third-order valence-corrected chi connectivity index (χ3v) is 3.83. The zero-order chi connectivity index (χ0) is 13.2. The molecule has 1 aromatic rings. The summed E-state index contributed by atoms with van der Waals surface area (Å²) in [4.78, 5) is 4.74. The van der Waals surface area contributed by atoms with E-state index in [1.807, 2.05) is 24.3 Å². The van der Waals surface area contributed by atoms with Gasteiger partial charge in [-0.15, -0.1) is 0 Å². The fourth-order valence-corrected chi connectivity index (χ4v) is 2.66. The Kier molecular flexibility index (Phi) is 3.31. The van der Waals surface area contributed by atoms with E-state index in [4.69, 9.17) is 10.7 Å². The molecule has 0 spiro atoms. The van der Waals surface area contributed by atoms with Crippen LogP contribution in [0.25, 0.3) is 0 Å². The van der Waals surface area contributed by atoms with Gasteiger partial charge in [0.2, 0.25) is 5.82 Å². The van der Waals surface area contributed by atoms with E-state index in [9.17, 15) is 0 Å². The lowest BCUT2D eigenvalue weighted by molar-refractivity contribution is -0.613. The first kappa shape index (κ1) is 12.3. The summed E-state index contributed by atoms with van der Waals surface area (Å²) in [6.45, 7) is 0. The predicted molar refractivity (Wildman–Crippen MR) is 79.7 cm³/mol. The number of aliphatic imine (C=N–C) groups is 1. The first-order chi connectivity index (χ1) is 9.24. The third-order valence-electron chi connectivity index (χ3n) is 3.17. The Balaban J connectivity index is 2.10. The van der Waals surface area contributed by atoms with Crippen molar-refractivity contribution < 1.29 is 5.43 Å². The van der Waals surface area contributed by atoms with E-state index in [-0.39, 0.29) is 5.92 Å². The molecule has 2 heterocycles. The topological polar surface area (TPSA) is 67.3 Å². The molecule has 2 bridgehead atoms. The lowest BCUT2D eigenvalue weighted by atomic mass is 9.95. The maximum Gasteiger partial charge on any atom is 0.218 e. The van der Waals surface area contributed by atoms with Crippen LogP contribution in [0.4, 0.5) is 0 Å². The van der Waals surface area contributed by atoms with Gasteiger partial charge in [-0.05, 0) is 21.5 Å². The van der Waals surface area contributed by atoms with Crippen molar-refractivity contribution in [2.45, 2.75) is 6.42 Å². The quantitative estimate of drug-likeness (QED) is 0.757. The monoisotopic (exact) mass is 317 g/mol. The number of halogens is 1. The van der Waals surface area contributed by atoms with Crippen molar-refractivity contribution in [2.75, 3.05) is 0 Å². The van der Waals surface area contributed by atoms with Gasteiger partial charge in [-0.2, -0.15) is 5.43 Å². The largest absolute Gasteiger partial charge is 0.353 e. The van der Waals surface area contributed by atoms with Gasteiger partial charge in [0.25, 0.3) is 0 Å². The fraction of sp³-hybridized carbons (Fsp3) is 0.143. The molecule has 0 saturated carbocycles. The molecule has 19 heavy (non-hydrogen) atoms. The number of rotatable bonds is 1. The van der Waals surface area contributed by atoms with Crippen LogP contribution in [0.15, 0.2) is 62.5 Å². The van der Waals surface area contributed by atoms with Crippen LogP contribution in [-0.2, 0) is 0 Å². The second kappa shape index (κ2) is 5.11. The molecule has 4 N–H and O–H groups in total. The number of allylic oxidation sites excluding steroid dienone is 3. The zero-order valence-electron chi connectivity index (χ0n) is 10.3. The summed E-state index contributed by atoms with van der Waals surface area (Å²) in [5, 5.41) is 4.15. The van der Waals surface area contributed by atoms with Crippen LogP contribution in [0, 0.1) is 5.92 Å². The Labute approximate surface area is 119 Å². The van der Waals surface area contributed by atoms with Crippen molar-refractivity contribution >= 4 is 27.9 Å². The molecule has 5 heteroatoms. The molecule has 96 valence electrons. The first-order valence-corrected chi connectivity index (χ1v) is 6.89. The second-order valence-electron chi connectivity index (χ2n) is 4.54. The standard InChI is InChI=1S/C14H13BrN4/c15-11-8-17-19-13(16)7-10-6-12(11)18-14(10)9-4-2-1-3-5-9/h1-5,7-8,10,19H,6,16H2/p+1/b12-11-,13-7-,17-8-. The summed E-state index contributed by atoms with van der Waals surface area (Å²) < 4.78 is 0.919. The summed E-state index contributed by atoms with van der Waals surface area (Å²) in [5.74, 6) is 0.885. The Morgan fingerprint density at radius 2 is 2.05 bits per heavy atom. The highest BCUT2D eigenvalue weighted by atomic mass is 79.9. The smallest absolute Gasteiger partial charge is 0.218 e. The van der Waals surface area contributed by atoms with E-state index in [0.29, 0.717) is 5.82 Å². The van der Waals surface area contributed by atoms with Gasteiger partial charge >= 0.3 is 0 Å². The molecule has 0 aromatic heterocycles. The number of benzene rings is 1. The SMILES string of the molecule is N/C1=C/C2C/C(=C(Br)\C=N/[NH2+]1)N=C2c1ccccc1. The number of fused-ring (bicyclic) bond motifs is 2. The molecule has 1 unspecified atom stereocenters. The third kappa shape index (κ3) is 2.52. The molecule has 0 radical (unpaired) electrons. The molecule has 0 aliphatic carbocycles. The number of nitrogens with two attached hydrogens (primary N) is 2. The zero-order valence-corrected chi connectivity index (χ0v) is 11.8. The Morgan fingerprint density at radius 1 is 1.26 bits per heavy atom. The maximum atomic E-state index is 5.95. The molecule has 2 aliphatic heterocycles. The summed E-state index contributed by atoms with van der Waals surface area (Å²) in [7, 11) is 0. The maximum absolute atomic E-state index is 5.95. The van der Waals surface area contributed by atoms with E-state index in [1.54, 1.807) is 11.6 Å². The highest BCUT2D eigenvalue weighted by Gasteiger charge is 2.27. The van der Waals surface area contributed by atoms with Crippen LogP contribution < -0.4 is 11.2 Å². The molecular formula is C14H14BrN4+. The highest BCUT2D eigenvalue weighted by Crippen LogP contribution is 2.31. The highest BCUT2D eigenvalue weighted by molar-refractivity contribution is 9.12. The average Bonchev–Trinajstić information content (AvgIpc) is 2.85. The fourth-order valence-electron chi connectivity index (χ4n) is 2.29. The van der Waals surface area contributed by atoms with Crippen LogP contribution in [0.3, 0.4) is 0 Å². The van der Waals surface area contributed by atoms with Gasteiger partial charge < -0.3 is 5.73 Å². The van der Waals surface area contributed by atoms with Gasteiger partial charge in [0.1, 0.15) is 0 Å². The summed E-state index contributed by atoms with van der Waals surface area (Å²) in [5.41, 5.74) is 10.9. The first-order valence-electron chi connectivity index (χ1n) is 6.10. The second-order valence-corrected chi connectivity index (χ2v) is 5.40. The van der Waals surface area contributed by atoms with Gasteiger partial charge in [0, 0.05) is 18.4 Å². The van der Waals surface area contributed by atoms with Crippen molar-refractivity contribution in [1.29, 1.82) is 0 Å². The Hall–Kier alpha value is -1.72. The number of hydrogen-bond donors (Lipinski definition) is 2. The minimum absolute atomic E-state index is 0.211. The number of nitrogens with zero attached hydrogens (tertiary/aromatic N) is 2. The summed E-state index contributed by atoms with van der Waals surface area (Å²) >= 11 is 3.52. The van der Waals surface area contributed by atoms with E-state index < -0.39 is 0 Å². The molecule has 1 aromatic carbocycles. The molecule has 2 aliphatic rings. The van der Waals surface area contributed by atoms with Crippen LogP contribution in [0.1, 0.15) is 12.0 Å². The minimum Gasteiger partial charge on any atom is -0.353 e. The van der Waals surface area contributed by atoms with Crippen LogP contribution in [0.2, 0.25) is 0 Å². The Bertz CT molecular complexity index is 614. The normalized spacial score (nSPS) is 30.7. The molecular weight excluding hydrogens is 304 g/mol. The molecule has 0 amide bonds. The van der Waals surface area contributed by atoms with Gasteiger partial charge in [0.15, 0.2) is 0 Å². The summed E-state index contributed by atoms with van der Waals surface area (Å²) in [6, 6.07) is 10.2. The number of hydrogen-bond acceptors (Lipinski definition) is 3. The van der Waals surface area contributed by atoms with Crippen molar-refractivity contribution in [3.63, 3.8) is 0 Å². The van der Waals surface area contributed by atoms with E-state index >= 15 is 0 Å². The average molecular weight is 318 g/mol. The molecule has 1 atom stereocenters. The van der Waals surface area contributed by atoms with E-state index in [1.165, 1.54) is 0 Å².